The van der Waals surface area contributed by atoms with Crippen LogP contribution in [0.25, 0.3) is 5.65 Å². The Balaban J connectivity index is 1.73. The molecule has 0 amide bonds. The summed E-state index contributed by atoms with van der Waals surface area (Å²) in [5.74, 6) is 1.50. The van der Waals surface area contributed by atoms with Gasteiger partial charge in [0, 0.05) is 31.0 Å². The molecule has 2 aromatic heterocycles. The van der Waals surface area contributed by atoms with E-state index in [1.807, 2.05) is 12.1 Å². The highest BCUT2D eigenvalue weighted by atomic mass is 79.9. The predicted octanol–water partition coefficient (Wildman–Crippen LogP) is 3.03. The number of anilines is 2. The Morgan fingerprint density at radius 3 is 2.93 bits per heavy atom. The summed E-state index contributed by atoms with van der Waals surface area (Å²) >= 11 is 3.52. The first kappa shape index (κ1) is 21.1. The summed E-state index contributed by atoms with van der Waals surface area (Å²) < 4.78 is 26.2. The number of piperidine rings is 1. The van der Waals surface area contributed by atoms with Gasteiger partial charge in [0.1, 0.15) is 11.6 Å². The van der Waals surface area contributed by atoms with Gasteiger partial charge in [0.2, 0.25) is 0 Å². The molecule has 2 aliphatic rings. The van der Waals surface area contributed by atoms with Gasteiger partial charge in [-0.2, -0.15) is 9.61 Å². The van der Waals surface area contributed by atoms with Crippen LogP contribution in [-0.2, 0) is 9.84 Å². The lowest BCUT2D eigenvalue weighted by Gasteiger charge is -2.35. The average molecular weight is 494 g/mol. The summed E-state index contributed by atoms with van der Waals surface area (Å²) in [6, 6.07) is 1.97. The largest absolute Gasteiger partial charge is 0.394 e. The van der Waals surface area contributed by atoms with Crippen molar-refractivity contribution in [2.75, 3.05) is 29.6 Å². The van der Waals surface area contributed by atoms with Crippen molar-refractivity contribution in [1.82, 2.24) is 14.6 Å². The minimum atomic E-state index is -3.27. The van der Waals surface area contributed by atoms with Crippen LogP contribution in [0.1, 0.15) is 25.7 Å². The van der Waals surface area contributed by atoms with Crippen molar-refractivity contribution >= 4 is 43.1 Å². The maximum atomic E-state index is 11.8. The van der Waals surface area contributed by atoms with Gasteiger partial charge < -0.3 is 15.3 Å². The van der Waals surface area contributed by atoms with Crippen molar-refractivity contribution in [3.63, 3.8) is 0 Å². The Bertz CT molecular complexity index is 1150. The molecule has 0 saturated carbocycles. The quantitative estimate of drug-likeness (QED) is 0.659. The first-order valence-electron chi connectivity index (χ1n) is 9.83. The van der Waals surface area contributed by atoms with E-state index < -0.39 is 9.84 Å². The first-order chi connectivity index (χ1) is 14.4. The molecule has 1 aliphatic carbocycles. The number of rotatable bonds is 5. The van der Waals surface area contributed by atoms with Crippen molar-refractivity contribution in [3.8, 4) is 0 Å². The first-order valence-corrected chi connectivity index (χ1v) is 12.5. The number of fused-ring (bicyclic) bond motifs is 1. The summed E-state index contributed by atoms with van der Waals surface area (Å²) in [5, 5.41) is 17.6. The fraction of sp³-hybridized carbons (Fsp3) is 0.400. The standard InChI is InChI=1S/C20H24BrN5O3S/c1-30(28,29)16-7-4-5-14(8-9-16)23-19-11-18(24-20-17(21)12-22-26(19)20)25-10-3-2-6-15(25)13-27/h4,7-9,11-12,15,23,27H,2-3,5-6,10,13H2,1H3. The zero-order chi connectivity index (χ0) is 21.3. The number of allylic oxidation sites excluding steroid dienone is 4. The Labute approximate surface area is 184 Å². The van der Waals surface area contributed by atoms with Crippen LogP contribution >= 0.6 is 15.9 Å². The molecule has 2 aromatic rings. The van der Waals surface area contributed by atoms with E-state index in [0.29, 0.717) is 12.1 Å². The molecule has 2 N–H and O–H groups in total. The van der Waals surface area contributed by atoms with Crippen molar-refractivity contribution < 1.29 is 13.5 Å². The molecule has 1 atom stereocenters. The second-order valence-corrected chi connectivity index (χ2v) is 10.4. The van der Waals surface area contributed by atoms with Gasteiger partial charge in [-0.3, -0.25) is 0 Å². The molecular formula is C20H24BrN5O3S. The van der Waals surface area contributed by atoms with Crippen LogP contribution in [0.5, 0.6) is 0 Å². The van der Waals surface area contributed by atoms with Crippen molar-refractivity contribution in [2.45, 2.75) is 31.7 Å². The van der Waals surface area contributed by atoms with E-state index in [1.54, 1.807) is 28.9 Å². The Morgan fingerprint density at radius 1 is 1.33 bits per heavy atom. The number of aliphatic hydroxyl groups is 1. The number of aliphatic hydroxyl groups excluding tert-OH is 1. The Morgan fingerprint density at radius 2 is 2.17 bits per heavy atom. The van der Waals surface area contributed by atoms with Crippen LogP contribution in [0.4, 0.5) is 11.6 Å². The summed E-state index contributed by atoms with van der Waals surface area (Å²) in [6.45, 7) is 0.927. The molecule has 0 spiro atoms. The SMILES string of the molecule is CS(=O)(=O)C1=CC=C(Nc2cc(N3CCCCC3CO)nc3c(Br)cnn23)CC=C1. The molecule has 0 bridgehead atoms. The minimum Gasteiger partial charge on any atom is -0.394 e. The lowest BCUT2D eigenvalue weighted by Crippen LogP contribution is -2.42. The zero-order valence-electron chi connectivity index (χ0n) is 16.6. The lowest BCUT2D eigenvalue weighted by molar-refractivity contribution is 0.239. The molecule has 0 radical (unpaired) electrons. The molecule has 3 heterocycles. The van der Waals surface area contributed by atoms with Gasteiger partial charge in [0.25, 0.3) is 0 Å². The predicted molar refractivity (Wildman–Crippen MR) is 121 cm³/mol. The highest BCUT2D eigenvalue weighted by molar-refractivity contribution is 9.10. The molecule has 1 saturated heterocycles. The number of sulfone groups is 1. The van der Waals surface area contributed by atoms with E-state index in [9.17, 15) is 13.5 Å². The van der Waals surface area contributed by atoms with Crippen LogP contribution < -0.4 is 10.2 Å². The molecule has 0 aromatic carbocycles. The van der Waals surface area contributed by atoms with Gasteiger partial charge >= 0.3 is 0 Å². The highest BCUT2D eigenvalue weighted by Gasteiger charge is 2.24. The smallest absolute Gasteiger partial charge is 0.175 e. The van der Waals surface area contributed by atoms with Crippen LogP contribution in [0, 0.1) is 0 Å². The molecule has 30 heavy (non-hydrogen) atoms. The van der Waals surface area contributed by atoms with E-state index in [-0.39, 0.29) is 17.6 Å². The highest BCUT2D eigenvalue weighted by Crippen LogP contribution is 2.29. The Hall–Kier alpha value is -2.17. The van der Waals surface area contributed by atoms with Gasteiger partial charge in [0.05, 0.1) is 28.2 Å². The van der Waals surface area contributed by atoms with Gasteiger partial charge in [0.15, 0.2) is 15.5 Å². The van der Waals surface area contributed by atoms with Gasteiger partial charge in [-0.25, -0.2) is 13.4 Å². The number of hydrogen-bond donors (Lipinski definition) is 2. The van der Waals surface area contributed by atoms with E-state index >= 15 is 0 Å². The van der Waals surface area contributed by atoms with E-state index in [4.69, 9.17) is 4.98 Å². The lowest BCUT2D eigenvalue weighted by atomic mass is 10.0. The van der Waals surface area contributed by atoms with E-state index in [0.717, 1.165) is 47.6 Å². The average Bonchev–Trinajstić information content (AvgIpc) is 2.94. The maximum absolute atomic E-state index is 11.8. The van der Waals surface area contributed by atoms with Crippen LogP contribution in [0.3, 0.4) is 0 Å². The summed E-state index contributed by atoms with van der Waals surface area (Å²) in [4.78, 5) is 7.21. The number of halogens is 1. The minimum absolute atomic E-state index is 0.0449. The van der Waals surface area contributed by atoms with Gasteiger partial charge in [-0.15, -0.1) is 0 Å². The van der Waals surface area contributed by atoms with Crippen molar-refractivity contribution in [2.24, 2.45) is 0 Å². The van der Waals surface area contributed by atoms with Crippen molar-refractivity contribution in [1.29, 1.82) is 0 Å². The third-order valence-corrected chi connectivity index (χ3v) is 7.02. The van der Waals surface area contributed by atoms with Crippen LogP contribution in [0.15, 0.2) is 51.6 Å². The topological polar surface area (TPSA) is 99.8 Å². The van der Waals surface area contributed by atoms with Gasteiger partial charge in [-0.05, 0) is 53.4 Å². The Kier molecular flexibility index (Phi) is 5.99. The molecule has 10 heteroatoms. The fourth-order valence-electron chi connectivity index (χ4n) is 3.76. The number of nitrogens with one attached hydrogen (secondary N) is 1. The molecular weight excluding hydrogens is 470 g/mol. The number of hydrogen-bond acceptors (Lipinski definition) is 7. The second kappa shape index (κ2) is 8.52. The molecule has 1 aliphatic heterocycles. The zero-order valence-corrected chi connectivity index (χ0v) is 19.0. The van der Waals surface area contributed by atoms with Gasteiger partial charge in [-0.1, -0.05) is 6.08 Å². The molecule has 1 unspecified atom stereocenters. The fourth-order valence-corrected chi connectivity index (χ4v) is 4.77. The third-order valence-electron chi connectivity index (χ3n) is 5.33. The number of nitrogens with zero attached hydrogens (tertiary/aromatic N) is 4. The monoisotopic (exact) mass is 493 g/mol. The molecule has 8 nitrogen and oxygen atoms in total. The summed E-state index contributed by atoms with van der Waals surface area (Å²) in [7, 11) is -3.27. The summed E-state index contributed by atoms with van der Waals surface area (Å²) in [5.41, 5.74) is 1.52. The maximum Gasteiger partial charge on any atom is 0.175 e. The van der Waals surface area contributed by atoms with Crippen molar-refractivity contribution in [3.05, 3.63) is 51.6 Å². The van der Waals surface area contributed by atoms with Crippen LogP contribution in [-0.4, -0.2) is 53.6 Å². The molecule has 160 valence electrons. The molecule has 1 fully saturated rings. The second-order valence-electron chi connectivity index (χ2n) is 7.52. The number of aromatic nitrogens is 3. The molecule has 4 rings (SSSR count). The summed E-state index contributed by atoms with van der Waals surface area (Å²) in [6.07, 6.45) is 13.4. The third kappa shape index (κ3) is 4.30. The normalized spacial score (nSPS) is 20.1. The van der Waals surface area contributed by atoms with E-state index in [2.05, 4.69) is 31.2 Å². The van der Waals surface area contributed by atoms with Crippen LogP contribution in [0.2, 0.25) is 0 Å². The van der Waals surface area contributed by atoms with E-state index in [1.165, 1.54) is 6.26 Å².